The summed E-state index contributed by atoms with van der Waals surface area (Å²) >= 11 is 6.36. The van der Waals surface area contributed by atoms with Gasteiger partial charge in [-0.2, -0.15) is 0 Å². The topological polar surface area (TPSA) is 68.0 Å². The summed E-state index contributed by atoms with van der Waals surface area (Å²) in [5.41, 5.74) is 2.63. The van der Waals surface area contributed by atoms with Crippen molar-refractivity contribution in [3.05, 3.63) is 76.0 Å². The molecule has 5 nitrogen and oxygen atoms in total. The molecule has 0 spiro atoms. The van der Waals surface area contributed by atoms with E-state index in [2.05, 4.69) is 55.7 Å². The number of aryl methyl sites for hydroxylation is 1. The largest absolute Gasteiger partial charge is 0.451 e. The maximum atomic E-state index is 12.6. The van der Waals surface area contributed by atoms with Crippen LogP contribution in [-0.2, 0) is 0 Å². The Bertz CT molecular complexity index is 1190. The number of hydrogen-bond donors (Lipinski definition) is 1. The molecule has 0 atom stereocenters. The van der Waals surface area contributed by atoms with E-state index in [1.165, 1.54) is 11.3 Å². The van der Waals surface area contributed by atoms with Crippen molar-refractivity contribution in [2.45, 2.75) is 11.3 Å². The highest BCUT2D eigenvalue weighted by atomic mass is 79.9. The van der Waals surface area contributed by atoms with Crippen LogP contribution in [0.4, 0.5) is 5.13 Å². The average Bonchev–Trinajstić information content (AvgIpc) is 3.30. The highest BCUT2D eigenvalue weighted by Gasteiger charge is 2.19. The molecule has 0 unspecified atom stereocenters. The number of carbonyl (C=O) groups excluding carboxylic acids is 1. The number of amides is 1. The number of nitrogens with zero attached hydrogens (tertiary/aromatic N) is 2. The first-order valence-electron chi connectivity index (χ1n) is 8.78. The van der Waals surface area contributed by atoms with Crippen LogP contribution in [0, 0.1) is 6.92 Å². The van der Waals surface area contributed by atoms with Crippen molar-refractivity contribution in [2.75, 3.05) is 11.1 Å². The molecule has 0 saturated heterocycles. The van der Waals surface area contributed by atoms with Crippen molar-refractivity contribution in [2.24, 2.45) is 0 Å². The second kappa shape index (κ2) is 8.94. The third kappa shape index (κ3) is 4.77. The van der Waals surface area contributed by atoms with Gasteiger partial charge in [0.05, 0.1) is 0 Å². The molecule has 1 amide bonds. The molecule has 1 N–H and O–H groups in total. The van der Waals surface area contributed by atoms with Crippen LogP contribution < -0.4 is 5.32 Å². The molecule has 0 fully saturated rings. The molecular weight excluding hydrogens is 470 g/mol. The van der Waals surface area contributed by atoms with Crippen LogP contribution in [0.3, 0.4) is 0 Å². The molecule has 0 aliphatic rings. The van der Waals surface area contributed by atoms with Gasteiger partial charge in [0.2, 0.25) is 5.13 Å². The molecule has 8 heteroatoms. The quantitative estimate of drug-likeness (QED) is 0.252. The summed E-state index contributed by atoms with van der Waals surface area (Å²) in [6.07, 6.45) is 4.15. The van der Waals surface area contributed by atoms with Crippen molar-refractivity contribution >= 4 is 67.1 Å². The molecule has 146 valence electrons. The monoisotopic (exact) mass is 485 g/mol. The first kappa shape index (κ1) is 19.9. The minimum Gasteiger partial charge on any atom is -0.451 e. The van der Waals surface area contributed by atoms with E-state index in [4.69, 9.17) is 4.42 Å². The van der Waals surface area contributed by atoms with E-state index in [1.54, 1.807) is 11.8 Å². The van der Waals surface area contributed by atoms with Gasteiger partial charge in [0.15, 0.2) is 10.1 Å². The number of carbonyl (C=O) groups is 1. The normalized spacial score (nSPS) is 11.4. The van der Waals surface area contributed by atoms with E-state index in [-0.39, 0.29) is 11.7 Å². The predicted molar refractivity (Wildman–Crippen MR) is 123 cm³/mol. The summed E-state index contributed by atoms with van der Waals surface area (Å²) in [5, 5.41) is 12.3. The number of halogens is 1. The Morgan fingerprint density at radius 2 is 2.07 bits per heavy atom. The first-order valence-corrected chi connectivity index (χ1v) is 11.4. The number of fused-ring (bicyclic) bond motifs is 1. The SMILES string of the molecule is Cc1c(C(=O)Nc2nnc(SC/C=C/c3ccccc3)s2)oc2ccc(Br)cc12. The van der Waals surface area contributed by atoms with Gasteiger partial charge in [-0.15, -0.1) is 10.2 Å². The maximum Gasteiger partial charge on any atom is 0.293 e. The summed E-state index contributed by atoms with van der Waals surface area (Å²) in [6, 6.07) is 15.8. The van der Waals surface area contributed by atoms with Crippen molar-refractivity contribution in [3.63, 3.8) is 0 Å². The Morgan fingerprint density at radius 1 is 1.24 bits per heavy atom. The molecule has 0 saturated carbocycles. The molecule has 4 aromatic rings. The molecule has 0 aliphatic heterocycles. The summed E-state index contributed by atoms with van der Waals surface area (Å²) in [4.78, 5) is 12.6. The number of benzene rings is 2. The van der Waals surface area contributed by atoms with Crippen LogP contribution in [0.5, 0.6) is 0 Å². The van der Waals surface area contributed by atoms with Crippen molar-refractivity contribution in [1.82, 2.24) is 10.2 Å². The molecule has 0 aliphatic carbocycles. The number of rotatable bonds is 6. The van der Waals surface area contributed by atoms with E-state index in [0.717, 1.165) is 31.1 Å². The van der Waals surface area contributed by atoms with Gasteiger partial charge in [-0.1, -0.05) is 81.5 Å². The highest BCUT2D eigenvalue weighted by molar-refractivity contribution is 9.10. The second-order valence-corrected chi connectivity index (χ2v) is 9.31. The number of hydrogen-bond acceptors (Lipinski definition) is 6. The van der Waals surface area contributed by atoms with Gasteiger partial charge in [0.1, 0.15) is 5.58 Å². The van der Waals surface area contributed by atoms with E-state index >= 15 is 0 Å². The predicted octanol–water partition coefficient (Wildman–Crippen LogP) is 6.41. The number of aromatic nitrogens is 2. The molecular formula is C21H16BrN3O2S2. The smallest absolute Gasteiger partial charge is 0.293 e. The Morgan fingerprint density at radius 3 is 2.90 bits per heavy atom. The van der Waals surface area contributed by atoms with Gasteiger partial charge in [-0.25, -0.2) is 0 Å². The summed E-state index contributed by atoms with van der Waals surface area (Å²) < 4.78 is 7.46. The lowest BCUT2D eigenvalue weighted by molar-refractivity contribution is 0.0998. The van der Waals surface area contributed by atoms with Crippen LogP contribution >= 0.6 is 39.0 Å². The van der Waals surface area contributed by atoms with Gasteiger partial charge in [-0.3, -0.25) is 10.1 Å². The summed E-state index contributed by atoms with van der Waals surface area (Å²) in [6.45, 7) is 1.87. The molecule has 0 radical (unpaired) electrons. The van der Waals surface area contributed by atoms with Crippen molar-refractivity contribution in [1.29, 1.82) is 0 Å². The van der Waals surface area contributed by atoms with Crippen molar-refractivity contribution < 1.29 is 9.21 Å². The van der Waals surface area contributed by atoms with Gasteiger partial charge in [-0.05, 0) is 30.7 Å². The number of thioether (sulfide) groups is 1. The van der Waals surface area contributed by atoms with Crippen LogP contribution in [0.15, 0.2) is 67.8 Å². The van der Waals surface area contributed by atoms with E-state index in [9.17, 15) is 4.79 Å². The summed E-state index contributed by atoms with van der Waals surface area (Å²) in [7, 11) is 0. The minimum absolute atomic E-state index is 0.285. The van der Waals surface area contributed by atoms with E-state index in [0.29, 0.717) is 10.7 Å². The minimum atomic E-state index is -0.327. The van der Waals surface area contributed by atoms with Gasteiger partial charge >= 0.3 is 0 Å². The fourth-order valence-corrected chi connectivity index (χ4v) is 4.69. The summed E-state index contributed by atoms with van der Waals surface area (Å²) in [5.74, 6) is 0.731. The Labute approximate surface area is 184 Å². The first-order chi connectivity index (χ1) is 14.1. The van der Waals surface area contributed by atoms with Crippen LogP contribution in [-0.4, -0.2) is 21.9 Å². The van der Waals surface area contributed by atoms with Crippen LogP contribution in [0.25, 0.3) is 17.0 Å². The standard InChI is InChI=1S/C21H16BrN3O2S2/c1-13-16-12-15(22)9-10-17(16)27-18(13)19(26)23-20-24-25-21(29-20)28-11-5-8-14-6-3-2-4-7-14/h2-10,12H,11H2,1H3,(H,23,24,26)/b8-5+. The van der Waals surface area contributed by atoms with Gasteiger partial charge in [0, 0.05) is 21.2 Å². The Kier molecular flexibility index (Phi) is 6.13. The zero-order valence-corrected chi connectivity index (χ0v) is 18.6. The van der Waals surface area contributed by atoms with E-state index in [1.807, 2.05) is 43.3 Å². The van der Waals surface area contributed by atoms with E-state index < -0.39 is 0 Å². The van der Waals surface area contributed by atoms with Crippen LogP contribution in [0.1, 0.15) is 21.7 Å². The van der Waals surface area contributed by atoms with Gasteiger partial charge < -0.3 is 4.42 Å². The third-order valence-electron chi connectivity index (χ3n) is 4.14. The third-order valence-corrected chi connectivity index (χ3v) is 6.56. The molecule has 2 heterocycles. The van der Waals surface area contributed by atoms with Crippen LogP contribution in [0.2, 0.25) is 0 Å². The lowest BCUT2D eigenvalue weighted by Crippen LogP contribution is -2.11. The number of anilines is 1. The number of furan rings is 1. The van der Waals surface area contributed by atoms with Crippen molar-refractivity contribution in [3.8, 4) is 0 Å². The molecule has 2 aromatic heterocycles. The molecule has 29 heavy (non-hydrogen) atoms. The fraction of sp³-hybridized carbons (Fsp3) is 0.0952. The molecule has 2 aromatic carbocycles. The zero-order valence-electron chi connectivity index (χ0n) is 15.4. The fourth-order valence-electron chi connectivity index (χ4n) is 2.75. The molecule has 4 rings (SSSR count). The lowest BCUT2D eigenvalue weighted by Gasteiger charge is -1.98. The average molecular weight is 486 g/mol. The zero-order chi connectivity index (χ0) is 20.2. The maximum absolute atomic E-state index is 12.6. The highest BCUT2D eigenvalue weighted by Crippen LogP contribution is 2.30. The number of nitrogens with one attached hydrogen (secondary N) is 1. The Balaban J connectivity index is 1.38. The lowest BCUT2D eigenvalue weighted by atomic mass is 10.1. The van der Waals surface area contributed by atoms with Gasteiger partial charge in [0.25, 0.3) is 5.91 Å². The second-order valence-electron chi connectivity index (χ2n) is 6.15. The Hall–Kier alpha value is -2.42. The molecule has 0 bridgehead atoms.